The second-order valence-electron chi connectivity index (χ2n) is 12.3. The lowest BCUT2D eigenvalue weighted by Gasteiger charge is -2.27. The fraction of sp³-hybridized carbons (Fsp3) is 0.268. The van der Waals surface area contributed by atoms with Gasteiger partial charge in [-0.3, -0.25) is 9.59 Å². The van der Waals surface area contributed by atoms with Crippen molar-refractivity contribution in [2.24, 2.45) is 0 Å². The first-order valence-corrected chi connectivity index (χ1v) is 16.4. The standard InChI is InChI=1S/C41H38O6/c1-44-32-17-11-26(12-18-32)36(42)21-15-30-23-28-7-3-5-9-34(28)38-39-35-10-6-4-8-29(35)24-31(41(39)47-25-46-40(30)38)16-22-37(43)27-13-19-33(45-2)20-14-27/h11-24H,3-10,25H2,1-2H3/b21-15-,22-16-. The zero-order valence-electron chi connectivity index (χ0n) is 26.9. The van der Waals surface area contributed by atoms with Crippen molar-refractivity contribution in [1.82, 2.24) is 0 Å². The minimum atomic E-state index is -0.0873. The molecule has 0 saturated heterocycles. The Morgan fingerprint density at radius 3 is 1.40 bits per heavy atom. The minimum absolute atomic E-state index is 0.0259. The molecular formula is C41H38O6. The monoisotopic (exact) mass is 626 g/mol. The highest BCUT2D eigenvalue weighted by Gasteiger charge is 2.31. The lowest BCUT2D eigenvalue weighted by Crippen LogP contribution is -2.10. The molecule has 0 fully saturated rings. The molecule has 4 aromatic rings. The van der Waals surface area contributed by atoms with Gasteiger partial charge in [-0.1, -0.05) is 0 Å². The van der Waals surface area contributed by atoms with E-state index in [1.54, 1.807) is 74.9 Å². The number of fused-ring (bicyclic) bond motifs is 7. The summed E-state index contributed by atoms with van der Waals surface area (Å²) in [5.74, 6) is 2.75. The summed E-state index contributed by atoms with van der Waals surface area (Å²) >= 11 is 0. The highest BCUT2D eigenvalue weighted by Crippen LogP contribution is 2.51. The Morgan fingerprint density at radius 2 is 1.00 bits per heavy atom. The predicted molar refractivity (Wildman–Crippen MR) is 184 cm³/mol. The average Bonchev–Trinajstić information content (AvgIpc) is 3.34. The van der Waals surface area contributed by atoms with Crippen LogP contribution in [0.5, 0.6) is 23.0 Å². The normalized spacial score (nSPS) is 15.0. The van der Waals surface area contributed by atoms with Crippen molar-refractivity contribution < 1.29 is 28.5 Å². The summed E-state index contributed by atoms with van der Waals surface area (Å²) in [6.07, 6.45) is 15.4. The van der Waals surface area contributed by atoms with Gasteiger partial charge in [0.2, 0.25) is 6.79 Å². The van der Waals surface area contributed by atoms with Crippen LogP contribution in [0.4, 0.5) is 0 Å². The molecule has 0 aromatic heterocycles. The van der Waals surface area contributed by atoms with Crippen LogP contribution in [-0.2, 0) is 25.7 Å². The van der Waals surface area contributed by atoms with Crippen molar-refractivity contribution >= 4 is 23.7 Å². The van der Waals surface area contributed by atoms with E-state index in [0.717, 1.165) is 85.1 Å². The SMILES string of the molecule is COc1ccc(C(=O)/C=C\c2cc3c(c4c2OCOc2c(/C=C\C(=O)c5ccc(OC)cc5)cc5c(c2-4)CCCC5)CCCC3)cc1. The Kier molecular flexibility index (Phi) is 8.66. The third kappa shape index (κ3) is 6.08. The highest BCUT2D eigenvalue weighted by atomic mass is 16.7. The zero-order chi connectivity index (χ0) is 32.3. The molecule has 6 nitrogen and oxygen atoms in total. The minimum Gasteiger partial charge on any atom is -0.497 e. The summed E-state index contributed by atoms with van der Waals surface area (Å²) in [7, 11) is 3.22. The predicted octanol–water partition coefficient (Wildman–Crippen LogP) is 8.65. The lowest BCUT2D eigenvalue weighted by molar-refractivity contribution is 0.103. The van der Waals surface area contributed by atoms with Crippen molar-refractivity contribution in [2.45, 2.75) is 51.4 Å². The molecule has 0 radical (unpaired) electrons. The van der Waals surface area contributed by atoms with Gasteiger partial charge in [0.1, 0.15) is 23.0 Å². The summed E-state index contributed by atoms with van der Waals surface area (Å²) in [5, 5.41) is 0. The number of hydrogen-bond acceptors (Lipinski definition) is 6. The van der Waals surface area contributed by atoms with E-state index in [1.165, 1.54) is 22.3 Å². The van der Waals surface area contributed by atoms with Crippen LogP contribution in [-0.4, -0.2) is 32.6 Å². The van der Waals surface area contributed by atoms with E-state index in [4.69, 9.17) is 18.9 Å². The highest BCUT2D eigenvalue weighted by molar-refractivity contribution is 6.08. The van der Waals surface area contributed by atoms with Crippen LogP contribution in [0.1, 0.15) is 79.8 Å². The van der Waals surface area contributed by atoms with Crippen LogP contribution >= 0.6 is 0 Å². The maximum Gasteiger partial charge on any atom is 0.231 e. The van der Waals surface area contributed by atoms with Gasteiger partial charge in [0.05, 0.1) is 14.2 Å². The number of carbonyl (C=O) groups excluding carboxylic acids is 2. The number of hydrogen-bond donors (Lipinski definition) is 0. The average molecular weight is 627 g/mol. The summed E-state index contributed by atoms with van der Waals surface area (Å²) in [4.78, 5) is 26.4. The van der Waals surface area contributed by atoms with E-state index in [2.05, 4.69) is 12.1 Å². The van der Waals surface area contributed by atoms with Gasteiger partial charge in [-0.05, 0) is 159 Å². The van der Waals surface area contributed by atoms with Gasteiger partial charge in [-0.25, -0.2) is 0 Å². The molecule has 1 aliphatic heterocycles. The van der Waals surface area contributed by atoms with Gasteiger partial charge in [-0.2, -0.15) is 0 Å². The molecule has 0 unspecified atom stereocenters. The number of carbonyl (C=O) groups is 2. The Morgan fingerprint density at radius 1 is 0.596 bits per heavy atom. The Labute approximate surface area is 275 Å². The molecular weight excluding hydrogens is 588 g/mol. The second-order valence-corrected chi connectivity index (χ2v) is 12.3. The van der Waals surface area contributed by atoms with Crippen molar-refractivity contribution in [1.29, 1.82) is 0 Å². The maximum atomic E-state index is 13.2. The smallest absolute Gasteiger partial charge is 0.231 e. The fourth-order valence-electron chi connectivity index (χ4n) is 7.09. The molecule has 3 aliphatic rings. The number of ketones is 2. The first kappa shape index (κ1) is 30.5. The summed E-state index contributed by atoms with van der Waals surface area (Å²) in [6, 6.07) is 18.7. The zero-order valence-corrected chi connectivity index (χ0v) is 26.9. The van der Waals surface area contributed by atoms with Crippen LogP contribution < -0.4 is 18.9 Å². The molecule has 0 spiro atoms. The van der Waals surface area contributed by atoms with Gasteiger partial charge in [-0.15, -0.1) is 0 Å². The van der Waals surface area contributed by atoms with Gasteiger partial charge in [0.25, 0.3) is 0 Å². The third-order valence-electron chi connectivity index (χ3n) is 9.50. The number of aryl methyl sites for hydroxylation is 2. The molecule has 0 N–H and O–H groups in total. The molecule has 0 bridgehead atoms. The van der Waals surface area contributed by atoms with Gasteiger partial charge < -0.3 is 18.9 Å². The van der Waals surface area contributed by atoms with E-state index in [0.29, 0.717) is 22.6 Å². The van der Waals surface area contributed by atoms with E-state index >= 15 is 0 Å². The van der Waals surface area contributed by atoms with Crippen molar-refractivity contribution in [3.8, 4) is 34.1 Å². The Hall–Kier alpha value is -5.10. The third-order valence-corrected chi connectivity index (χ3v) is 9.50. The Bertz CT molecular complexity index is 1760. The largest absolute Gasteiger partial charge is 0.497 e. The van der Waals surface area contributed by atoms with E-state index in [1.807, 2.05) is 12.2 Å². The molecule has 7 rings (SSSR count). The first-order chi connectivity index (χ1) is 23.0. The summed E-state index contributed by atoms with van der Waals surface area (Å²) in [5.41, 5.74) is 10.3. The van der Waals surface area contributed by atoms with Gasteiger partial charge in [0, 0.05) is 33.4 Å². The lowest BCUT2D eigenvalue weighted by atomic mass is 9.78. The topological polar surface area (TPSA) is 71.1 Å². The molecule has 0 saturated carbocycles. The number of methoxy groups -OCH3 is 2. The molecule has 1 heterocycles. The van der Waals surface area contributed by atoms with Gasteiger partial charge in [0.15, 0.2) is 11.6 Å². The molecule has 238 valence electrons. The molecule has 4 aromatic carbocycles. The van der Waals surface area contributed by atoms with Crippen LogP contribution in [0, 0.1) is 0 Å². The van der Waals surface area contributed by atoms with Crippen molar-refractivity contribution in [2.75, 3.05) is 21.0 Å². The number of ether oxygens (including phenoxy) is 4. The number of benzene rings is 4. The van der Waals surface area contributed by atoms with Crippen LogP contribution in [0.3, 0.4) is 0 Å². The summed E-state index contributed by atoms with van der Waals surface area (Å²) in [6.45, 7) is 0.0259. The van der Waals surface area contributed by atoms with Crippen molar-refractivity contribution in [3.05, 3.63) is 117 Å². The molecule has 47 heavy (non-hydrogen) atoms. The van der Waals surface area contributed by atoms with Crippen LogP contribution in [0.25, 0.3) is 23.3 Å². The molecule has 6 heteroatoms. The number of rotatable bonds is 8. The maximum absolute atomic E-state index is 13.2. The van der Waals surface area contributed by atoms with Crippen LogP contribution in [0.15, 0.2) is 72.8 Å². The van der Waals surface area contributed by atoms with Crippen molar-refractivity contribution in [3.63, 3.8) is 0 Å². The molecule has 2 aliphatic carbocycles. The quantitative estimate of drug-likeness (QED) is 0.144. The van der Waals surface area contributed by atoms with E-state index in [9.17, 15) is 9.59 Å². The van der Waals surface area contributed by atoms with E-state index < -0.39 is 0 Å². The Balaban J connectivity index is 1.34. The molecule has 0 atom stereocenters. The summed E-state index contributed by atoms with van der Waals surface area (Å²) < 4.78 is 23.4. The molecule has 0 amide bonds. The van der Waals surface area contributed by atoms with Gasteiger partial charge >= 0.3 is 0 Å². The number of allylic oxidation sites excluding steroid dienone is 2. The van der Waals surface area contributed by atoms with Crippen LogP contribution in [0.2, 0.25) is 0 Å². The van der Waals surface area contributed by atoms with E-state index in [-0.39, 0.29) is 18.4 Å². The second kappa shape index (κ2) is 13.3. The first-order valence-electron chi connectivity index (χ1n) is 16.4. The fourth-order valence-corrected chi connectivity index (χ4v) is 7.09.